The van der Waals surface area contributed by atoms with Gasteiger partial charge in [-0.3, -0.25) is 4.79 Å². The van der Waals surface area contributed by atoms with Gasteiger partial charge in [-0.15, -0.1) is 0 Å². The van der Waals surface area contributed by atoms with Gasteiger partial charge in [0.1, 0.15) is 17.4 Å². The normalized spacial score (nSPS) is 18.4. The minimum atomic E-state index is -0.776. The minimum Gasteiger partial charge on any atom is -0.504 e. The first kappa shape index (κ1) is 13.6. The Hall–Kier alpha value is -3.09. The van der Waals surface area contributed by atoms with E-state index in [4.69, 9.17) is 14.2 Å². The van der Waals surface area contributed by atoms with E-state index < -0.39 is 6.10 Å². The van der Waals surface area contributed by atoms with Crippen molar-refractivity contribution in [2.45, 2.75) is 12.5 Å². The number of para-hydroxylation sites is 1. The number of ether oxygens (including phenoxy) is 3. The van der Waals surface area contributed by atoms with Crippen LogP contribution in [0.1, 0.15) is 28.4 Å². The molecule has 4 rings (SSSR count). The number of hydrogen-bond acceptors (Lipinski definition) is 7. The third-order valence-corrected chi connectivity index (χ3v) is 3.91. The zero-order chi connectivity index (χ0) is 16.1. The van der Waals surface area contributed by atoms with Crippen LogP contribution < -0.4 is 14.2 Å². The maximum Gasteiger partial charge on any atom is 0.231 e. The lowest BCUT2D eigenvalue weighted by Crippen LogP contribution is -2.20. The molecule has 3 N–H and O–H groups in total. The Bertz CT molecular complexity index is 828. The quantitative estimate of drug-likeness (QED) is 0.693. The monoisotopic (exact) mass is 316 g/mol. The van der Waals surface area contributed by atoms with Gasteiger partial charge in [-0.1, -0.05) is 12.1 Å². The van der Waals surface area contributed by atoms with E-state index in [1.165, 1.54) is 12.1 Å². The zero-order valence-electron chi connectivity index (χ0n) is 11.8. The van der Waals surface area contributed by atoms with Crippen LogP contribution in [0.4, 0.5) is 0 Å². The van der Waals surface area contributed by atoms with Gasteiger partial charge in [0.15, 0.2) is 28.8 Å². The summed E-state index contributed by atoms with van der Waals surface area (Å²) < 4.78 is 16.1. The fourth-order valence-electron chi connectivity index (χ4n) is 2.81. The number of carbonyl (C=O) groups excluding carboxylic acids is 1. The number of phenolic OH excluding ortho intramolecular Hbond substituents is 3. The third kappa shape index (κ3) is 1.93. The van der Waals surface area contributed by atoms with Crippen LogP contribution in [0.3, 0.4) is 0 Å². The highest BCUT2D eigenvalue weighted by molar-refractivity contribution is 6.03. The number of rotatable bonds is 1. The highest BCUT2D eigenvalue weighted by Crippen LogP contribution is 2.51. The summed E-state index contributed by atoms with van der Waals surface area (Å²) in [5.74, 6) is -0.727. The molecular weight excluding hydrogens is 304 g/mol. The first-order chi connectivity index (χ1) is 11.1. The number of hydrogen-bond donors (Lipinski definition) is 3. The summed E-state index contributed by atoms with van der Waals surface area (Å²) in [7, 11) is 0. The molecule has 0 fully saturated rings. The lowest BCUT2D eigenvalue weighted by atomic mass is 9.94. The molecule has 23 heavy (non-hydrogen) atoms. The van der Waals surface area contributed by atoms with Crippen LogP contribution in [0, 0.1) is 0 Å². The van der Waals surface area contributed by atoms with Gasteiger partial charge in [0.25, 0.3) is 0 Å². The first-order valence-corrected chi connectivity index (χ1v) is 6.92. The molecule has 0 saturated carbocycles. The average molecular weight is 316 g/mol. The van der Waals surface area contributed by atoms with Crippen molar-refractivity contribution in [3.8, 4) is 34.5 Å². The van der Waals surface area contributed by atoms with Crippen LogP contribution in [-0.4, -0.2) is 27.9 Å². The molecule has 0 unspecified atom stereocenters. The minimum absolute atomic E-state index is 0.0325. The topological polar surface area (TPSA) is 105 Å². The fraction of sp³-hybridized carbons (Fsp3) is 0.188. The van der Waals surface area contributed by atoms with Gasteiger partial charge < -0.3 is 29.5 Å². The summed E-state index contributed by atoms with van der Waals surface area (Å²) in [5, 5.41) is 29.7. The van der Waals surface area contributed by atoms with E-state index in [-0.39, 0.29) is 59.1 Å². The molecule has 0 saturated heterocycles. The summed E-state index contributed by atoms with van der Waals surface area (Å²) in [6, 6.07) is 5.91. The Labute approximate surface area is 130 Å². The van der Waals surface area contributed by atoms with Crippen LogP contribution in [0.15, 0.2) is 24.3 Å². The number of aromatic hydroxyl groups is 3. The molecule has 7 nitrogen and oxygen atoms in total. The average Bonchev–Trinajstić information content (AvgIpc) is 2.98. The number of carbonyl (C=O) groups is 1. The molecule has 1 atom stereocenters. The molecule has 0 radical (unpaired) electrons. The van der Waals surface area contributed by atoms with Gasteiger partial charge in [-0.25, -0.2) is 0 Å². The maximum atomic E-state index is 12.4. The predicted molar refractivity (Wildman–Crippen MR) is 76.3 cm³/mol. The molecule has 2 aliphatic rings. The molecule has 2 aromatic rings. The van der Waals surface area contributed by atoms with Crippen molar-refractivity contribution < 1.29 is 34.3 Å². The van der Waals surface area contributed by atoms with Crippen molar-refractivity contribution in [2.24, 2.45) is 0 Å². The van der Waals surface area contributed by atoms with E-state index in [9.17, 15) is 20.1 Å². The number of phenols is 3. The summed E-state index contributed by atoms with van der Waals surface area (Å²) >= 11 is 0. The fourth-order valence-corrected chi connectivity index (χ4v) is 2.81. The highest BCUT2D eigenvalue weighted by Gasteiger charge is 2.36. The highest BCUT2D eigenvalue weighted by atomic mass is 16.7. The van der Waals surface area contributed by atoms with Crippen molar-refractivity contribution in [3.05, 3.63) is 35.4 Å². The van der Waals surface area contributed by atoms with Gasteiger partial charge in [-0.2, -0.15) is 0 Å². The third-order valence-electron chi connectivity index (χ3n) is 3.91. The summed E-state index contributed by atoms with van der Waals surface area (Å²) in [6.07, 6.45) is -0.862. The van der Waals surface area contributed by atoms with Gasteiger partial charge in [0.2, 0.25) is 12.5 Å². The van der Waals surface area contributed by atoms with Gasteiger partial charge in [0.05, 0.1) is 6.42 Å². The summed E-state index contributed by atoms with van der Waals surface area (Å²) in [4.78, 5) is 12.4. The molecular formula is C16H12O7. The van der Waals surface area contributed by atoms with Crippen LogP contribution in [0.2, 0.25) is 0 Å². The van der Waals surface area contributed by atoms with E-state index >= 15 is 0 Å². The van der Waals surface area contributed by atoms with Crippen LogP contribution >= 0.6 is 0 Å². The van der Waals surface area contributed by atoms with Crippen molar-refractivity contribution in [1.29, 1.82) is 0 Å². The Balaban J connectivity index is 1.80. The number of benzene rings is 2. The Morgan fingerprint density at radius 1 is 1.04 bits per heavy atom. The second kappa shape index (κ2) is 4.70. The zero-order valence-corrected chi connectivity index (χ0v) is 11.8. The smallest absolute Gasteiger partial charge is 0.231 e. The van der Waals surface area contributed by atoms with Crippen molar-refractivity contribution in [1.82, 2.24) is 0 Å². The molecule has 0 amide bonds. The first-order valence-electron chi connectivity index (χ1n) is 6.92. The molecule has 2 aliphatic heterocycles. The van der Waals surface area contributed by atoms with E-state index in [2.05, 4.69) is 0 Å². The van der Waals surface area contributed by atoms with Gasteiger partial charge in [-0.05, 0) is 6.07 Å². The summed E-state index contributed by atoms with van der Waals surface area (Å²) in [5.41, 5.74) is 0.325. The number of fused-ring (bicyclic) bond motifs is 2. The molecule has 2 heterocycles. The van der Waals surface area contributed by atoms with Crippen molar-refractivity contribution >= 4 is 5.78 Å². The Morgan fingerprint density at radius 3 is 2.70 bits per heavy atom. The van der Waals surface area contributed by atoms with E-state index in [0.717, 1.165) is 0 Å². The van der Waals surface area contributed by atoms with Crippen LogP contribution in [0.5, 0.6) is 34.5 Å². The molecule has 2 aromatic carbocycles. The molecule has 0 aliphatic carbocycles. The van der Waals surface area contributed by atoms with E-state index in [1.54, 1.807) is 12.1 Å². The van der Waals surface area contributed by atoms with E-state index in [0.29, 0.717) is 5.56 Å². The standard InChI is InChI=1S/C16H12O7/c17-8-3-1-2-7(14(8)19)10-4-9(18)13-11(23-10)5-12-16(15(13)20)22-6-21-12/h1-3,5,10,17,19-20H,4,6H2/t10-/m0/s1. The second-order valence-corrected chi connectivity index (χ2v) is 5.28. The number of Topliss-reactive ketones (excluding diaryl/α,β-unsaturated/α-hetero) is 1. The molecule has 7 heteroatoms. The molecule has 0 spiro atoms. The van der Waals surface area contributed by atoms with Crippen molar-refractivity contribution in [2.75, 3.05) is 6.79 Å². The van der Waals surface area contributed by atoms with E-state index in [1.807, 2.05) is 0 Å². The Kier molecular flexibility index (Phi) is 2.77. The largest absolute Gasteiger partial charge is 0.504 e. The van der Waals surface area contributed by atoms with Crippen LogP contribution in [0.25, 0.3) is 0 Å². The summed E-state index contributed by atoms with van der Waals surface area (Å²) in [6.45, 7) is -0.0449. The van der Waals surface area contributed by atoms with Crippen LogP contribution in [-0.2, 0) is 0 Å². The van der Waals surface area contributed by atoms with Gasteiger partial charge >= 0.3 is 0 Å². The molecule has 0 aromatic heterocycles. The molecule has 118 valence electrons. The Morgan fingerprint density at radius 2 is 1.87 bits per heavy atom. The molecule has 0 bridgehead atoms. The lowest BCUT2D eigenvalue weighted by molar-refractivity contribution is 0.0841. The SMILES string of the molecule is O=C1C[C@@H](c2cccc(O)c2O)Oc2cc3c(c(O)c21)OCO3. The predicted octanol–water partition coefficient (Wildman–Crippen LogP) is 2.24. The maximum absolute atomic E-state index is 12.4. The van der Waals surface area contributed by atoms with Gasteiger partial charge in [0, 0.05) is 11.6 Å². The number of ketones is 1. The van der Waals surface area contributed by atoms with Crippen molar-refractivity contribution in [3.63, 3.8) is 0 Å². The second-order valence-electron chi connectivity index (χ2n) is 5.28. The lowest BCUT2D eigenvalue weighted by Gasteiger charge is -2.26.